The number of benzene rings is 1. The summed E-state index contributed by atoms with van der Waals surface area (Å²) < 4.78 is 10.7. The highest BCUT2D eigenvalue weighted by atomic mass is 16.6. The summed E-state index contributed by atoms with van der Waals surface area (Å²) in [4.78, 5) is 14.3. The average molecular weight is 316 g/mol. The van der Waals surface area contributed by atoms with E-state index in [4.69, 9.17) is 9.47 Å². The van der Waals surface area contributed by atoms with Crippen molar-refractivity contribution in [3.8, 4) is 0 Å². The van der Waals surface area contributed by atoms with Crippen molar-refractivity contribution in [1.82, 2.24) is 10.2 Å². The van der Waals surface area contributed by atoms with Crippen LogP contribution in [0.1, 0.15) is 18.4 Å². The van der Waals surface area contributed by atoms with Gasteiger partial charge >= 0.3 is 6.09 Å². The van der Waals surface area contributed by atoms with Crippen molar-refractivity contribution < 1.29 is 14.3 Å². The van der Waals surface area contributed by atoms with Gasteiger partial charge in [-0.1, -0.05) is 30.3 Å². The van der Waals surface area contributed by atoms with Crippen LogP contribution < -0.4 is 5.32 Å². The molecule has 1 aromatic carbocycles. The van der Waals surface area contributed by atoms with Crippen LogP contribution in [0.15, 0.2) is 30.3 Å². The Kier molecular flexibility index (Phi) is 4.23. The van der Waals surface area contributed by atoms with E-state index in [9.17, 15) is 4.79 Å². The van der Waals surface area contributed by atoms with Crippen molar-refractivity contribution in [2.45, 2.75) is 31.5 Å². The molecule has 1 saturated carbocycles. The van der Waals surface area contributed by atoms with Gasteiger partial charge in [0.15, 0.2) is 0 Å². The Balaban J connectivity index is 1.16. The van der Waals surface area contributed by atoms with Crippen molar-refractivity contribution >= 4 is 6.09 Å². The molecule has 1 aromatic rings. The molecule has 0 bridgehead atoms. The minimum atomic E-state index is -0.283. The number of ether oxygens (including phenoxy) is 2. The van der Waals surface area contributed by atoms with Crippen LogP contribution >= 0.6 is 0 Å². The number of hydrogen-bond donors (Lipinski definition) is 1. The number of amides is 1. The predicted octanol–water partition coefficient (Wildman–Crippen LogP) is 2.02. The standard InChI is InChI=1S/C18H24N2O3/c21-18(23-12-14-7-4-8-22-14)19-17-15-10-20(11-16(15)17)9-13-5-2-1-3-6-13/h1-3,5-6,14-17H,4,7-12H2,(H,19,21)/t14?,15-,16+,17?. The molecule has 0 aromatic heterocycles. The van der Waals surface area contributed by atoms with Crippen molar-refractivity contribution in [2.75, 3.05) is 26.3 Å². The van der Waals surface area contributed by atoms with Gasteiger partial charge < -0.3 is 14.8 Å². The van der Waals surface area contributed by atoms with Gasteiger partial charge in [-0.25, -0.2) is 4.79 Å². The van der Waals surface area contributed by atoms with E-state index in [0.717, 1.165) is 39.1 Å². The molecule has 0 spiro atoms. The van der Waals surface area contributed by atoms with E-state index in [1.807, 2.05) is 6.07 Å². The van der Waals surface area contributed by atoms with Gasteiger partial charge in [-0.3, -0.25) is 4.90 Å². The molecular formula is C18H24N2O3. The minimum Gasteiger partial charge on any atom is -0.447 e. The van der Waals surface area contributed by atoms with Gasteiger partial charge in [0.25, 0.3) is 0 Å². The molecule has 2 saturated heterocycles. The lowest BCUT2D eigenvalue weighted by Crippen LogP contribution is -2.35. The zero-order chi connectivity index (χ0) is 15.6. The maximum absolute atomic E-state index is 11.9. The first-order valence-corrected chi connectivity index (χ1v) is 8.61. The number of rotatable bonds is 5. The van der Waals surface area contributed by atoms with Crippen molar-refractivity contribution in [2.24, 2.45) is 11.8 Å². The molecule has 2 aliphatic heterocycles. The largest absolute Gasteiger partial charge is 0.447 e. The molecule has 4 atom stereocenters. The van der Waals surface area contributed by atoms with Crippen LogP contribution in [0.3, 0.4) is 0 Å². The van der Waals surface area contributed by atoms with E-state index >= 15 is 0 Å². The Labute approximate surface area is 136 Å². The van der Waals surface area contributed by atoms with E-state index in [0.29, 0.717) is 24.5 Å². The number of alkyl carbamates (subject to hydrolysis) is 1. The minimum absolute atomic E-state index is 0.0980. The quantitative estimate of drug-likeness (QED) is 0.903. The van der Waals surface area contributed by atoms with E-state index in [-0.39, 0.29) is 12.2 Å². The maximum Gasteiger partial charge on any atom is 0.407 e. The summed E-state index contributed by atoms with van der Waals surface area (Å²) in [5.41, 5.74) is 1.36. The lowest BCUT2D eigenvalue weighted by molar-refractivity contribution is 0.0433. The fraction of sp³-hybridized carbons (Fsp3) is 0.611. The molecule has 5 nitrogen and oxygen atoms in total. The summed E-state index contributed by atoms with van der Waals surface area (Å²) >= 11 is 0. The summed E-state index contributed by atoms with van der Waals surface area (Å²) in [5, 5.41) is 3.02. The molecule has 0 radical (unpaired) electrons. The van der Waals surface area contributed by atoms with Crippen molar-refractivity contribution in [1.29, 1.82) is 0 Å². The van der Waals surface area contributed by atoms with Crippen LogP contribution in [0, 0.1) is 11.8 Å². The average Bonchev–Trinajstić information content (AvgIpc) is 2.99. The summed E-state index contributed by atoms with van der Waals surface area (Å²) in [6, 6.07) is 10.9. The Bertz CT molecular complexity index is 532. The first-order chi connectivity index (χ1) is 11.3. The highest BCUT2D eigenvalue weighted by molar-refractivity contribution is 5.68. The summed E-state index contributed by atoms with van der Waals surface area (Å²) in [6.45, 7) is 4.31. The third-order valence-corrected chi connectivity index (χ3v) is 5.23. The monoisotopic (exact) mass is 316 g/mol. The van der Waals surface area contributed by atoms with E-state index < -0.39 is 0 Å². The van der Waals surface area contributed by atoms with Gasteiger partial charge in [-0.15, -0.1) is 0 Å². The molecule has 2 unspecified atom stereocenters. The van der Waals surface area contributed by atoms with Crippen LogP contribution in [0.25, 0.3) is 0 Å². The zero-order valence-electron chi connectivity index (χ0n) is 13.3. The van der Waals surface area contributed by atoms with Crippen molar-refractivity contribution in [3.05, 3.63) is 35.9 Å². The number of nitrogens with zero attached hydrogens (tertiary/aromatic N) is 1. The number of carbonyl (C=O) groups excluding carboxylic acids is 1. The molecule has 1 amide bonds. The fourth-order valence-corrected chi connectivity index (χ4v) is 3.92. The van der Waals surface area contributed by atoms with Gasteiger partial charge in [-0.2, -0.15) is 0 Å². The Morgan fingerprint density at radius 2 is 2.04 bits per heavy atom. The van der Waals surface area contributed by atoms with Crippen LogP contribution in [-0.4, -0.2) is 49.4 Å². The number of hydrogen-bond acceptors (Lipinski definition) is 4. The van der Waals surface area contributed by atoms with Crippen LogP contribution in [0.5, 0.6) is 0 Å². The van der Waals surface area contributed by atoms with Crippen LogP contribution in [0.2, 0.25) is 0 Å². The van der Waals surface area contributed by atoms with E-state index in [1.54, 1.807) is 0 Å². The molecule has 3 aliphatic rings. The molecule has 23 heavy (non-hydrogen) atoms. The number of fused-ring (bicyclic) bond motifs is 1. The first-order valence-electron chi connectivity index (χ1n) is 8.61. The molecule has 3 fully saturated rings. The topological polar surface area (TPSA) is 50.8 Å². The molecule has 1 N–H and O–H groups in total. The predicted molar refractivity (Wildman–Crippen MR) is 85.9 cm³/mol. The van der Waals surface area contributed by atoms with Gasteiger partial charge in [0, 0.05) is 32.3 Å². The molecule has 124 valence electrons. The molecule has 2 heterocycles. The zero-order valence-corrected chi connectivity index (χ0v) is 13.3. The summed E-state index contributed by atoms with van der Waals surface area (Å²) in [5.74, 6) is 1.18. The highest BCUT2D eigenvalue weighted by Crippen LogP contribution is 2.45. The van der Waals surface area contributed by atoms with E-state index in [2.05, 4.69) is 34.5 Å². The Morgan fingerprint density at radius 1 is 1.26 bits per heavy atom. The number of piperidine rings is 1. The third kappa shape index (κ3) is 3.51. The SMILES string of the molecule is O=C(NC1[C@H]2CN(Cc3ccccc3)C[C@@H]12)OCC1CCCO1. The van der Waals surface area contributed by atoms with E-state index in [1.165, 1.54) is 5.56 Å². The second-order valence-electron chi connectivity index (χ2n) is 6.91. The highest BCUT2D eigenvalue weighted by Gasteiger charge is 2.56. The second kappa shape index (κ2) is 6.49. The number of carbonyl (C=O) groups is 1. The van der Waals surface area contributed by atoms with Crippen molar-refractivity contribution in [3.63, 3.8) is 0 Å². The number of nitrogens with one attached hydrogen (secondary N) is 1. The fourth-order valence-electron chi connectivity index (χ4n) is 3.92. The molecule has 5 heteroatoms. The Hall–Kier alpha value is -1.59. The van der Waals surface area contributed by atoms with Gasteiger partial charge in [0.1, 0.15) is 6.61 Å². The Morgan fingerprint density at radius 3 is 2.74 bits per heavy atom. The van der Waals surface area contributed by atoms with Gasteiger partial charge in [-0.05, 0) is 30.2 Å². The van der Waals surface area contributed by atoms with Gasteiger partial charge in [0.05, 0.1) is 6.10 Å². The lowest BCUT2D eigenvalue weighted by atomic mass is 10.2. The maximum atomic E-state index is 11.9. The second-order valence-corrected chi connectivity index (χ2v) is 6.91. The third-order valence-electron chi connectivity index (χ3n) is 5.23. The molecule has 4 rings (SSSR count). The molecule has 1 aliphatic carbocycles. The smallest absolute Gasteiger partial charge is 0.407 e. The normalized spacial score (nSPS) is 32.5. The molecular weight excluding hydrogens is 292 g/mol. The van der Waals surface area contributed by atoms with Crippen LogP contribution in [-0.2, 0) is 16.0 Å². The summed E-state index contributed by atoms with van der Waals surface area (Å²) in [7, 11) is 0. The summed E-state index contributed by atoms with van der Waals surface area (Å²) in [6.07, 6.45) is 1.88. The lowest BCUT2D eigenvalue weighted by Gasteiger charge is -2.20. The number of likely N-dealkylation sites (tertiary alicyclic amines) is 1. The first kappa shape index (κ1) is 15.0. The van der Waals surface area contributed by atoms with Crippen LogP contribution in [0.4, 0.5) is 4.79 Å². The van der Waals surface area contributed by atoms with Gasteiger partial charge in [0.2, 0.25) is 0 Å².